The Kier molecular flexibility index (Phi) is 5.92. The third kappa shape index (κ3) is 4.26. The third-order valence-corrected chi connectivity index (χ3v) is 6.79. The molecule has 0 fully saturated rings. The van der Waals surface area contributed by atoms with Crippen molar-refractivity contribution in [2.75, 3.05) is 18.6 Å². The first-order valence-corrected chi connectivity index (χ1v) is 11.7. The number of hydrogen-bond donors (Lipinski definition) is 0. The van der Waals surface area contributed by atoms with Crippen LogP contribution in [-0.2, 0) is 17.8 Å². The summed E-state index contributed by atoms with van der Waals surface area (Å²) in [5.74, 6) is 2.29. The summed E-state index contributed by atoms with van der Waals surface area (Å²) in [6, 6.07) is 19.6. The van der Waals surface area contributed by atoms with Crippen molar-refractivity contribution in [1.82, 2.24) is 14.8 Å². The lowest BCUT2D eigenvalue weighted by atomic mass is 10.2. The van der Waals surface area contributed by atoms with Gasteiger partial charge in [0.05, 0.1) is 25.2 Å². The Balaban J connectivity index is 1.44. The summed E-state index contributed by atoms with van der Waals surface area (Å²) in [5, 5.41) is 9.24. The van der Waals surface area contributed by atoms with Gasteiger partial charge in [-0.1, -0.05) is 42.1 Å². The second kappa shape index (κ2) is 9.15. The molecule has 1 aliphatic heterocycles. The molecule has 7 nitrogen and oxygen atoms in total. The van der Waals surface area contributed by atoms with Gasteiger partial charge in [0, 0.05) is 17.8 Å². The highest BCUT2D eigenvalue weighted by molar-refractivity contribution is 8.00. The number of carbonyl (C=O) groups excluding carboxylic acids is 1. The Morgan fingerprint density at radius 1 is 1.15 bits per heavy atom. The van der Waals surface area contributed by atoms with Crippen molar-refractivity contribution in [2.45, 2.75) is 30.3 Å². The summed E-state index contributed by atoms with van der Waals surface area (Å²) < 4.78 is 13.0. The number of fused-ring (bicyclic) bond motifs is 1. The molecular weight excluding hydrogens is 436 g/mol. The summed E-state index contributed by atoms with van der Waals surface area (Å²) in [6.07, 6.45) is 2.53. The number of furan rings is 1. The maximum atomic E-state index is 13.3. The van der Waals surface area contributed by atoms with E-state index in [2.05, 4.69) is 16.3 Å². The largest absolute Gasteiger partial charge is 0.497 e. The first-order chi connectivity index (χ1) is 16.1. The van der Waals surface area contributed by atoms with Crippen LogP contribution in [-0.4, -0.2) is 39.6 Å². The summed E-state index contributed by atoms with van der Waals surface area (Å²) in [5.41, 5.74) is 3.10. The molecule has 168 valence electrons. The Labute approximate surface area is 196 Å². The topological polar surface area (TPSA) is 73.4 Å². The lowest BCUT2D eigenvalue weighted by Gasteiger charge is -2.21. The molecule has 3 heterocycles. The molecule has 0 bridgehead atoms. The van der Waals surface area contributed by atoms with Crippen molar-refractivity contribution in [3.05, 3.63) is 78.3 Å². The zero-order valence-electron chi connectivity index (χ0n) is 18.5. The number of ether oxygens (including phenoxy) is 1. The first-order valence-electron chi connectivity index (χ1n) is 10.8. The minimum absolute atomic E-state index is 0.0698. The van der Waals surface area contributed by atoms with E-state index in [-0.39, 0.29) is 11.2 Å². The van der Waals surface area contributed by atoms with Crippen LogP contribution < -0.4 is 9.64 Å². The van der Waals surface area contributed by atoms with E-state index in [4.69, 9.17) is 9.15 Å². The Bertz CT molecular complexity index is 1270. The van der Waals surface area contributed by atoms with Crippen LogP contribution in [0.4, 0.5) is 5.69 Å². The van der Waals surface area contributed by atoms with E-state index in [0.29, 0.717) is 24.1 Å². The number of benzene rings is 2. The number of hydrogen-bond acceptors (Lipinski definition) is 6. The third-order valence-electron chi connectivity index (χ3n) is 5.72. The molecule has 5 rings (SSSR count). The molecule has 1 aliphatic rings. The van der Waals surface area contributed by atoms with Gasteiger partial charge in [0.2, 0.25) is 5.91 Å². The van der Waals surface area contributed by atoms with Crippen LogP contribution in [0, 0.1) is 0 Å². The van der Waals surface area contributed by atoms with Gasteiger partial charge in [0.15, 0.2) is 11.0 Å². The molecule has 0 unspecified atom stereocenters. The van der Waals surface area contributed by atoms with Gasteiger partial charge in [-0.25, -0.2) is 0 Å². The van der Waals surface area contributed by atoms with Crippen LogP contribution in [0.2, 0.25) is 0 Å². The number of aromatic nitrogens is 3. The zero-order chi connectivity index (χ0) is 22.8. The lowest BCUT2D eigenvalue weighted by molar-refractivity contribution is -0.117. The molecule has 8 heteroatoms. The van der Waals surface area contributed by atoms with Gasteiger partial charge in [-0.3, -0.25) is 9.36 Å². The van der Waals surface area contributed by atoms with Crippen molar-refractivity contribution >= 4 is 23.4 Å². The summed E-state index contributed by atoms with van der Waals surface area (Å²) in [6.45, 7) is 3.09. The molecule has 1 amide bonds. The average Bonchev–Trinajstić information content (AvgIpc) is 3.60. The quantitative estimate of drug-likeness (QED) is 0.373. The van der Waals surface area contributed by atoms with Crippen LogP contribution in [0.25, 0.3) is 11.4 Å². The zero-order valence-corrected chi connectivity index (χ0v) is 19.3. The number of carbonyl (C=O) groups is 1. The predicted molar refractivity (Wildman–Crippen MR) is 128 cm³/mol. The molecule has 2 aromatic carbocycles. The van der Waals surface area contributed by atoms with Crippen molar-refractivity contribution in [3.63, 3.8) is 0 Å². The highest BCUT2D eigenvalue weighted by Crippen LogP contribution is 2.33. The fourth-order valence-corrected chi connectivity index (χ4v) is 4.96. The highest BCUT2D eigenvalue weighted by atomic mass is 32.2. The number of nitrogens with zero attached hydrogens (tertiary/aromatic N) is 4. The van der Waals surface area contributed by atoms with E-state index in [1.165, 1.54) is 17.3 Å². The van der Waals surface area contributed by atoms with Crippen LogP contribution in [0.3, 0.4) is 0 Å². The number of rotatable bonds is 7. The van der Waals surface area contributed by atoms with Gasteiger partial charge in [-0.2, -0.15) is 0 Å². The van der Waals surface area contributed by atoms with Crippen molar-refractivity contribution in [3.8, 4) is 17.1 Å². The normalized spacial score (nSPS) is 13.7. The number of para-hydroxylation sites is 1. The van der Waals surface area contributed by atoms with E-state index in [1.807, 2.05) is 71.0 Å². The van der Waals surface area contributed by atoms with E-state index < -0.39 is 0 Å². The molecular formula is C25H24N4O3S. The van der Waals surface area contributed by atoms with Crippen LogP contribution in [0.1, 0.15) is 18.2 Å². The second-order valence-electron chi connectivity index (χ2n) is 7.83. The fraction of sp³-hybridized carbons (Fsp3) is 0.240. The molecule has 0 spiro atoms. The second-order valence-corrected chi connectivity index (χ2v) is 9.14. The maximum Gasteiger partial charge on any atom is 0.240 e. The van der Waals surface area contributed by atoms with Gasteiger partial charge < -0.3 is 14.1 Å². The van der Waals surface area contributed by atoms with Gasteiger partial charge in [0.1, 0.15) is 11.5 Å². The fourth-order valence-electron chi connectivity index (χ4n) is 4.05. The average molecular weight is 461 g/mol. The molecule has 0 saturated carbocycles. The molecule has 0 saturated heterocycles. The van der Waals surface area contributed by atoms with Crippen LogP contribution >= 0.6 is 11.8 Å². The van der Waals surface area contributed by atoms with Crippen molar-refractivity contribution < 1.29 is 13.9 Å². The standard InChI is InChI=1S/C25H24N4O3S/c1-17(24(30)28-13-12-18-7-3-4-11-22(18)28)33-25-27-26-23(19-8-5-9-20(15-19)31-2)29(25)16-21-10-6-14-32-21/h3-11,14-15,17H,12-13,16H2,1-2H3/t17-/m1/s1. The number of anilines is 1. The van der Waals surface area contributed by atoms with E-state index in [1.54, 1.807) is 13.4 Å². The van der Waals surface area contributed by atoms with Gasteiger partial charge >= 0.3 is 0 Å². The van der Waals surface area contributed by atoms with Crippen LogP contribution in [0.15, 0.2) is 76.5 Å². The molecule has 0 aliphatic carbocycles. The monoisotopic (exact) mass is 460 g/mol. The number of amides is 1. The minimum atomic E-state index is -0.325. The first kappa shape index (κ1) is 21.3. The maximum absolute atomic E-state index is 13.3. The SMILES string of the molecule is COc1cccc(-c2nnc(S[C@H](C)C(=O)N3CCc4ccccc43)n2Cc2ccco2)c1. The summed E-state index contributed by atoms with van der Waals surface area (Å²) >= 11 is 1.41. The molecule has 2 aromatic heterocycles. The van der Waals surface area contributed by atoms with Gasteiger partial charge in [-0.05, 0) is 49.2 Å². The smallest absolute Gasteiger partial charge is 0.240 e. The molecule has 4 aromatic rings. The van der Waals surface area contributed by atoms with E-state index >= 15 is 0 Å². The summed E-state index contributed by atoms with van der Waals surface area (Å²) in [7, 11) is 1.64. The van der Waals surface area contributed by atoms with Gasteiger partial charge in [0.25, 0.3) is 0 Å². The Morgan fingerprint density at radius 3 is 2.85 bits per heavy atom. The molecule has 0 radical (unpaired) electrons. The Morgan fingerprint density at radius 2 is 2.03 bits per heavy atom. The Hall–Kier alpha value is -3.52. The molecule has 1 atom stereocenters. The highest BCUT2D eigenvalue weighted by Gasteiger charge is 2.30. The summed E-state index contributed by atoms with van der Waals surface area (Å²) in [4.78, 5) is 15.2. The molecule has 33 heavy (non-hydrogen) atoms. The number of methoxy groups -OCH3 is 1. The van der Waals surface area contributed by atoms with E-state index in [9.17, 15) is 4.79 Å². The van der Waals surface area contributed by atoms with Crippen molar-refractivity contribution in [2.24, 2.45) is 0 Å². The van der Waals surface area contributed by atoms with Crippen LogP contribution in [0.5, 0.6) is 5.75 Å². The molecule has 0 N–H and O–H groups in total. The minimum Gasteiger partial charge on any atom is -0.497 e. The lowest BCUT2D eigenvalue weighted by Crippen LogP contribution is -2.35. The van der Waals surface area contributed by atoms with E-state index in [0.717, 1.165) is 29.2 Å². The predicted octanol–water partition coefficient (Wildman–Crippen LogP) is 4.66. The number of thioether (sulfide) groups is 1. The van der Waals surface area contributed by atoms with Gasteiger partial charge in [-0.15, -0.1) is 10.2 Å². The van der Waals surface area contributed by atoms with Crippen molar-refractivity contribution in [1.29, 1.82) is 0 Å².